The molecule has 0 spiro atoms. The maximum absolute atomic E-state index is 12.4. The molecule has 0 aromatic heterocycles. The van der Waals surface area contributed by atoms with Gasteiger partial charge in [0.05, 0.1) is 10.8 Å². The van der Waals surface area contributed by atoms with E-state index in [0.717, 1.165) is 51.4 Å². The van der Waals surface area contributed by atoms with Gasteiger partial charge in [0, 0.05) is 0 Å². The lowest BCUT2D eigenvalue weighted by molar-refractivity contribution is -0.183. The minimum Gasteiger partial charge on any atom is -0.481 e. The number of carboxylic acids is 2. The lowest BCUT2D eigenvalue weighted by Crippen LogP contribution is -2.55. The molecule has 1 saturated carbocycles. The van der Waals surface area contributed by atoms with E-state index in [-0.39, 0.29) is 5.92 Å². The Bertz CT molecular complexity index is 406. The van der Waals surface area contributed by atoms with Gasteiger partial charge in [-0.1, -0.05) is 59.3 Å². The average Bonchev–Trinajstić information content (AvgIpc) is 2.69. The number of rotatable bonds is 9. The van der Waals surface area contributed by atoms with Crippen LogP contribution >= 0.6 is 0 Å². The van der Waals surface area contributed by atoms with Gasteiger partial charge < -0.3 is 10.2 Å². The van der Waals surface area contributed by atoms with Gasteiger partial charge in [0.2, 0.25) is 0 Å². The first-order valence-corrected chi connectivity index (χ1v) is 9.39. The molecule has 1 aliphatic rings. The van der Waals surface area contributed by atoms with Gasteiger partial charge in [0.1, 0.15) is 0 Å². The minimum absolute atomic E-state index is 0.0274. The Morgan fingerprint density at radius 2 is 1.65 bits per heavy atom. The number of unbranched alkanes of at least 4 members (excludes halogenated alkanes) is 3. The summed E-state index contributed by atoms with van der Waals surface area (Å²) >= 11 is 0. The molecule has 0 radical (unpaired) electrons. The van der Waals surface area contributed by atoms with Crippen LogP contribution < -0.4 is 0 Å². The highest BCUT2D eigenvalue weighted by Crippen LogP contribution is 2.58. The molecular weight excluding hydrogens is 292 g/mol. The van der Waals surface area contributed by atoms with Crippen LogP contribution in [0, 0.1) is 16.7 Å². The van der Waals surface area contributed by atoms with Crippen molar-refractivity contribution in [1.29, 1.82) is 0 Å². The summed E-state index contributed by atoms with van der Waals surface area (Å²) in [4.78, 5) is 24.6. The van der Waals surface area contributed by atoms with Crippen LogP contribution in [0.5, 0.6) is 0 Å². The molecule has 1 rings (SSSR count). The van der Waals surface area contributed by atoms with E-state index in [1.165, 1.54) is 0 Å². The molecule has 3 atom stereocenters. The summed E-state index contributed by atoms with van der Waals surface area (Å²) in [5.74, 6) is -1.84. The van der Waals surface area contributed by atoms with Crippen molar-refractivity contribution in [2.24, 2.45) is 16.7 Å². The molecule has 0 saturated heterocycles. The maximum Gasteiger partial charge on any atom is 0.311 e. The van der Waals surface area contributed by atoms with Crippen molar-refractivity contribution in [2.45, 2.75) is 91.4 Å². The highest BCUT2D eigenvalue weighted by Gasteiger charge is 2.62. The third kappa shape index (κ3) is 3.56. The summed E-state index contributed by atoms with van der Waals surface area (Å²) in [6, 6.07) is 0. The van der Waals surface area contributed by atoms with E-state index in [9.17, 15) is 19.8 Å². The van der Waals surface area contributed by atoms with Crippen LogP contribution in [0.1, 0.15) is 91.4 Å². The first-order valence-electron chi connectivity index (χ1n) is 9.39. The zero-order valence-electron chi connectivity index (χ0n) is 15.1. The quantitative estimate of drug-likeness (QED) is 0.456. The smallest absolute Gasteiger partial charge is 0.311 e. The fourth-order valence-electron chi connectivity index (χ4n) is 4.98. The summed E-state index contributed by atoms with van der Waals surface area (Å²) in [5, 5.41) is 20.1. The van der Waals surface area contributed by atoms with Crippen LogP contribution in [0.25, 0.3) is 0 Å². The highest BCUT2D eigenvalue weighted by atomic mass is 16.4. The minimum atomic E-state index is -1.13. The third-order valence-corrected chi connectivity index (χ3v) is 6.32. The van der Waals surface area contributed by atoms with Gasteiger partial charge in [-0.25, -0.2) is 0 Å². The topological polar surface area (TPSA) is 74.6 Å². The first kappa shape index (κ1) is 20.0. The molecule has 1 fully saturated rings. The van der Waals surface area contributed by atoms with Crippen LogP contribution in [0.3, 0.4) is 0 Å². The molecule has 0 aromatic carbocycles. The van der Waals surface area contributed by atoms with Gasteiger partial charge in [0.25, 0.3) is 0 Å². The Balaban J connectivity index is 3.24. The van der Waals surface area contributed by atoms with E-state index in [4.69, 9.17) is 0 Å². The lowest BCUT2D eigenvalue weighted by atomic mass is 9.53. The zero-order valence-corrected chi connectivity index (χ0v) is 15.1. The Morgan fingerprint density at radius 3 is 2.13 bits per heavy atom. The second-order valence-electron chi connectivity index (χ2n) is 7.16. The van der Waals surface area contributed by atoms with E-state index >= 15 is 0 Å². The molecule has 0 aliphatic heterocycles. The normalized spacial score (nSPS) is 31.5. The fraction of sp³-hybridized carbons (Fsp3) is 0.895. The molecule has 4 nitrogen and oxygen atoms in total. The number of carbonyl (C=O) groups is 2. The lowest BCUT2D eigenvalue weighted by Gasteiger charge is -2.48. The van der Waals surface area contributed by atoms with Crippen molar-refractivity contribution in [3.05, 3.63) is 0 Å². The van der Waals surface area contributed by atoms with Gasteiger partial charge in [0.15, 0.2) is 0 Å². The summed E-state index contributed by atoms with van der Waals surface area (Å²) in [6.07, 6.45) is 9.18. The van der Waals surface area contributed by atoms with E-state index in [2.05, 4.69) is 6.92 Å². The van der Waals surface area contributed by atoms with E-state index in [1.807, 2.05) is 13.8 Å². The Hall–Kier alpha value is -1.06. The molecule has 2 N–H and O–H groups in total. The average molecular weight is 326 g/mol. The third-order valence-electron chi connectivity index (χ3n) is 6.32. The zero-order chi connectivity index (χ0) is 17.5. The predicted octanol–water partition coefficient (Wildman–Crippen LogP) is 5.11. The molecular formula is C19H34O4. The SMILES string of the molecule is CCCCCCC1CCCCC(CC)(C(=O)O)C1(CC)C(=O)O. The van der Waals surface area contributed by atoms with Gasteiger partial charge in [-0.2, -0.15) is 0 Å². The predicted molar refractivity (Wildman–Crippen MR) is 91.4 cm³/mol. The van der Waals surface area contributed by atoms with Crippen LogP contribution in [0.2, 0.25) is 0 Å². The van der Waals surface area contributed by atoms with Gasteiger partial charge in [-0.3, -0.25) is 9.59 Å². The molecule has 0 heterocycles. The maximum atomic E-state index is 12.4. The van der Waals surface area contributed by atoms with Crippen molar-refractivity contribution < 1.29 is 19.8 Å². The van der Waals surface area contributed by atoms with E-state index < -0.39 is 22.8 Å². The summed E-state index contributed by atoms with van der Waals surface area (Å²) in [6.45, 7) is 5.87. The Morgan fingerprint density at radius 1 is 0.957 bits per heavy atom. The molecule has 1 aliphatic carbocycles. The number of hydrogen-bond donors (Lipinski definition) is 2. The van der Waals surface area contributed by atoms with Crippen molar-refractivity contribution in [3.63, 3.8) is 0 Å². The van der Waals surface area contributed by atoms with Crippen LogP contribution in [0.4, 0.5) is 0 Å². The van der Waals surface area contributed by atoms with Crippen LogP contribution in [-0.2, 0) is 9.59 Å². The van der Waals surface area contributed by atoms with E-state index in [1.54, 1.807) is 0 Å². The number of carboxylic acid groups (broad SMARTS) is 2. The second kappa shape index (κ2) is 8.70. The van der Waals surface area contributed by atoms with Crippen LogP contribution in [-0.4, -0.2) is 22.2 Å². The highest BCUT2D eigenvalue weighted by molar-refractivity contribution is 5.87. The summed E-state index contributed by atoms with van der Waals surface area (Å²) in [7, 11) is 0. The van der Waals surface area contributed by atoms with E-state index in [0.29, 0.717) is 19.3 Å². The molecule has 0 amide bonds. The summed E-state index contributed by atoms with van der Waals surface area (Å²) < 4.78 is 0. The van der Waals surface area contributed by atoms with Crippen molar-refractivity contribution in [2.75, 3.05) is 0 Å². The number of hydrogen-bond acceptors (Lipinski definition) is 2. The molecule has 23 heavy (non-hydrogen) atoms. The molecule has 134 valence electrons. The second-order valence-corrected chi connectivity index (χ2v) is 7.16. The molecule has 0 aromatic rings. The van der Waals surface area contributed by atoms with Crippen molar-refractivity contribution in [1.82, 2.24) is 0 Å². The summed E-state index contributed by atoms with van der Waals surface area (Å²) in [5.41, 5.74) is -2.25. The first-order chi connectivity index (χ1) is 10.9. The largest absolute Gasteiger partial charge is 0.481 e. The monoisotopic (exact) mass is 326 g/mol. The van der Waals surface area contributed by atoms with Crippen molar-refractivity contribution in [3.8, 4) is 0 Å². The molecule has 0 bridgehead atoms. The molecule has 3 unspecified atom stereocenters. The van der Waals surface area contributed by atoms with Gasteiger partial charge in [-0.05, 0) is 38.0 Å². The van der Waals surface area contributed by atoms with Crippen LogP contribution in [0.15, 0.2) is 0 Å². The Labute approximate surface area is 140 Å². The van der Waals surface area contributed by atoms with Gasteiger partial charge in [-0.15, -0.1) is 0 Å². The Kier molecular flexibility index (Phi) is 7.56. The van der Waals surface area contributed by atoms with Crippen molar-refractivity contribution >= 4 is 11.9 Å². The fourth-order valence-corrected chi connectivity index (χ4v) is 4.98. The van der Waals surface area contributed by atoms with Gasteiger partial charge >= 0.3 is 11.9 Å². The molecule has 4 heteroatoms. The number of aliphatic carboxylic acids is 2. The standard InChI is InChI=1S/C19H34O4/c1-4-7-8-9-12-15-13-10-11-14-18(5-2,16(20)21)19(15,6-3)17(22)23/h15H,4-14H2,1-3H3,(H,20,21)(H,22,23).